The monoisotopic (exact) mass is 798 g/mol. The first-order chi connectivity index (χ1) is 27.5. The number of benzene rings is 2. The molecule has 2 aliphatic heterocycles. The van der Waals surface area contributed by atoms with E-state index in [-0.39, 0.29) is 0 Å². The number of ether oxygens (including phenoxy) is 3. The number of anilines is 2. The molecular weight excluding hydrogens is 747 g/mol. The molecule has 0 atom stereocenters. The predicted octanol–water partition coefficient (Wildman–Crippen LogP) is 7.95. The molecule has 8 rings (SSSR count). The maximum atomic E-state index is 6.35. The fourth-order valence-corrected chi connectivity index (χ4v) is 7.70. The number of aromatic nitrogens is 4. The Morgan fingerprint density at radius 1 is 0.571 bits per heavy atom. The number of fused-ring (bicyclic) bond motifs is 2. The van der Waals surface area contributed by atoms with Gasteiger partial charge in [0, 0.05) is 89.3 Å². The van der Waals surface area contributed by atoms with Gasteiger partial charge in [-0.2, -0.15) is 10.2 Å². The van der Waals surface area contributed by atoms with Gasteiger partial charge in [0.05, 0.1) is 52.8 Å². The SMILES string of the molecule is COc1ccccc1N1CCN(CCCCOc2ccn3nccc3c2)CC1.Clc1cccc(N2CCN(CCCCOc3ccn4nccc4c3)CC2)c1Cl. The van der Waals surface area contributed by atoms with Crippen molar-refractivity contribution in [1.82, 2.24) is 29.0 Å². The van der Waals surface area contributed by atoms with Crippen molar-refractivity contribution in [1.29, 1.82) is 0 Å². The molecule has 296 valence electrons. The summed E-state index contributed by atoms with van der Waals surface area (Å²) in [5.41, 5.74) is 4.35. The number of hydrogen-bond donors (Lipinski definition) is 0. The number of nitrogens with zero attached hydrogens (tertiary/aromatic N) is 8. The van der Waals surface area contributed by atoms with Crippen LogP contribution < -0.4 is 24.0 Å². The van der Waals surface area contributed by atoms with Gasteiger partial charge >= 0.3 is 0 Å². The molecule has 2 aliphatic rings. The Bertz CT molecular complexity index is 2110. The Balaban J connectivity index is 0.000000172. The molecule has 0 unspecified atom stereocenters. The first kappa shape index (κ1) is 39.6. The quantitative estimate of drug-likeness (QED) is 0.0964. The van der Waals surface area contributed by atoms with Crippen LogP contribution in [-0.4, -0.2) is 115 Å². The molecule has 0 spiro atoms. The summed E-state index contributed by atoms with van der Waals surface area (Å²) in [7, 11) is 1.74. The second-order valence-electron chi connectivity index (χ2n) is 14.1. The minimum atomic E-state index is 0.619. The van der Waals surface area contributed by atoms with Crippen LogP contribution in [0.25, 0.3) is 11.0 Å². The van der Waals surface area contributed by atoms with Crippen molar-refractivity contribution in [3.05, 3.63) is 114 Å². The average Bonchev–Trinajstić information content (AvgIpc) is 3.92. The second kappa shape index (κ2) is 20.0. The summed E-state index contributed by atoms with van der Waals surface area (Å²) >= 11 is 12.5. The standard InChI is InChI=1S/C22H28N4O2.C21H24Cl2N4O/c1-27-22-7-3-2-6-21(22)25-15-13-24(14-16-25)11-4-5-17-28-20-9-12-26-19(18-20)8-10-23-26;22-19-4-3-5-20(21(19)23)26-13-11-25(12-14-26)9-1-2-15-28-18-7-10-27-17(16-18)6-8-24-27/h2-3,6-10,12,18H,4-5,11,13-17H2,1H3;3-8,10,16H,1-2,9,11-15H2. The fourth-order valence-electron chi connectivity index (χ4n) is 7.29. The first-order valence-electron chi connectivity index (χ1n) is 19.7. The van der Waals surface area contributed by atoms with Crippen molar-refractivity contribution in [3.8, 4) is 17.2 Å². The molecule has 2 aromatic carbocycles. The molecule has 6 aromatic rings. The molecular formula is C43H52Cl2N8O3. The molecule has 0 bridgehead atoms. The molecule has 6 heterocycles. The van der Waals surface area contributed by atoms with Crippen LogP contribution in [0.2, 0.25) is 10.0 Å². The zero-order chi connectivity index (χ0) is 38.5. The maximum absolute atomic E-state index is 6.35. The number of pyridine rings is 2. The number of para-hydroxylation sites is 2. The van der Waals surface area contributed by atoms with E-state index in [2.05, 4.69) is 41.9 Å². The Morgan fingerprint density at radius 2 is 1.09 bits per heavy atom. The highest BCUT2D eigenvalue weighted by Crippen LogP contribution is 2.33. The van der Waals surface area contributed by atoms with Gasteiger partial charge in [-0.1, -0.05) is 41.4 Å². The van der Waals surface area contributed by atoms with Crippen LogP contribution in [0.1, 0.15) is 25.7 Å². The van der Waals surface area contributed by atoms with Crippen molar-refractivity contribution >= 4 is 45.6 Å². The third kappa shape index (κ3) is 10.6. The Morgan fingerprint density at radius 3 is 1.64 bits per heavy atom. The van der Waals surface area contributed by atoms with Crippen molar-refractivity contribution in [2.75, 3.05) is 95.6 Å². The smallest absolute Gasteiger partial charge is 0.142 e. The van der Waals surface area contributed by atoms with Crippen molar-refractivity contribution in [3.63, 3.8) is 0 Å². The Kier molecular flexibility index (Phi) is 14.1. The maximum Gasteiger partial charge on any atom is 0.142 e. The lowest BCUT2D eigenvalue weighted by atomic mass is 10.2. The number of methoxy groups -OCH3 is 1. The number of halogens is 2. The lowest BCUT2D eigenvalue weighted by Gasteiger charge is -2.36. The summed E-state index contributed by atoms with van der Waals surface area (Å²) in [5, 5.41) is 9.67. The van der Waals surface area contributed by atoms with E-state index in [0.29, 0.717) is 10.0 Å². The van der Waals surface area contributed by atoms with Crippen LogP contribution in [0.4, 0.5) is 11.4 Å². The third-order valence-corrected chi connectivity index (χ3v) is 11.3. The van der Waals surface area contributed by atoms with E-state index in [9.17, 15) is 0 Å². The van der Waals surface area contributed by atoms with E-state index in [1.807, 2.05) is 88.2 Å². The molecule has 0 aliphatic carbocycles. The van der Waals surface area contributed by atoms with Crippen LogP contribution in [-0.2, 0) is 0 Å². The molecule has 11 nitrogen and oxygen atoms in total. The van der Waals surface area contributed by atoms with Gasteiger partial charge in [0.15, 0.2) is 0 Å². The van der Waals surface area contributed by atoms with Gasteiger partial charge in [-0.3, -0.25) is 9.80 Å². The van der Waals surface area contributed by atoms with Crippen LogP contribution in [0.3, 0.4) is 0 Å². The van der Waals surface area contributed by atoms with Gasteiger partial charge in [0.2, 0.25) is 0 Å². The normalized spacial score (nSPS) is 15.2. The average molecular weight is 800 g/mol. The first-order valence-corrected chi connectivity index (χ1v) is 20.4. The highest BCUT2D eigenvalue weighted by atomic mass is 35.5. The van der Waals surface area contributed by atoms with Gasteiger partial charge in [-0.15, -0.1) is 0 Å². The molecule has 2 saturated heterocycles. The summed E-state index contributed by atoms with van der Waals surface area (Å²) in [5.74, 6) is 2.78. The van der Waals surface area contributed by atoms with E-state index < -0.39 is 0 Å². The van der Waals surface area contributed by atoms with E-state index in [1.54, 1.807) is 19.5 Å². The second-order valence-corrected chi connectivity index (χ2v) is 14.9. The number of piperazine rings is 2. The van der Waals surface area contributed by atoms with Crippen LogP contribution >= 0.6 is 23.2 Å². The molecule has 13 heteroatoms. The molecule has 0 N–H and O–H groups in total. The minimum absolute atomic E-state index is 0.619. The summed E-state index contributed by atoms with van der Waals surface area (Å²) in [6.45, 7) is 12.0. The van der Waals surface area contributed by atoms with Crippen LogP contribution in [0, 0.1) is 0 Å². The largest absolute Gasteiger partial charge is 0.495 e. The van der Waals surface area contributed by atoms with Crippen LogP contribution in [0.15, 0.2) is 104 Å². The molecule has 0 saturated carbocycles. The van der Waals surface area contributed by atoms with Gasteiger partial charge in [-0.25, -0.2) is 9.03 Å². The molecule has 0 radical (unpaired) electrons. The topological polar surface area (TPSA) is 75.2 Å². The molecule has 56 heavy (non-hydrogen) atoms. The van der Waals surface area contributed by atoms with E-state index in [0.717, 1.165) is 138 Å². The number of unbranched alkanes of at least 4 members (excludes halogenated alkanes) is 2. The zero-order valence-corrected chi connectivity index (χ0v) is 33.7. The van der Waals surface area contributed by atoms with Gasteiger partial charge in [0.1, 0.15) is 17.2 Å². The van der Waals surface area contributed by atoms with Crippen molar-refractivity contribution in [2.45, 2.75) is 25.7 Å². The predicted molar refractivity (Wildman–Crippen MR) is 227 cm³/mol. The molecule has 4 aromatic heterocycles. The third-order valence-electron chi connectivity index (χ3n) is 10.5. The van der Waals surface area contributed by atoms with E-state index in [4.69, 9.17) is 37.4 Å². The van der Waals surface area contributed by atoms with E-state index >= 15 is 0 Å². The fraction of sp³-hybridized carbons (Fsp3) is 0.395. The summed E-state index contributed by atoms with van der Waals surface area (Å²) in [6, 6.07) is 26.1. The van der Waals surface area contributed by atoms with Gasteiger partial charge in [0.25, 0.3) is 0 Å². The van der Waals surface area contributed by atoms with Crippen LogP contribution in [0.5, 0.6) is 17.2 Å². The summed E-state index contributed by atoms with van der Waals surface area (Å²) < 4.78 is 20.9. The zero-order valence-electron chi connectivity index (χ0n) is 32.2. The Hall–Kier alpha value is -4.68. The Labute approximate surface area is 339 Å². The lowest BCUT2D eigenvalue weighted by Crippen LogP contribution is -2.46. The molecule has 2 fully saturated rings. The van der Waals surface area contributed by atoms with Crippen molar-refractivity contribution < 1.29 is 14.2 Å². The van der Waals surface area contributed by atoms with Gasteiger partial charge < -0.3 is 24.0 Å². The van der Waals surface area contributed by atoms with E-state index in [1.165, 1.54) is 5.69 Å². The summed E-state index contributed by atoms with van der Waals surface area (Å²) in [4.78, 5) is 9.79. The lowest BCUT2D eigenvalue weighted by molar-refractivity contribution is 0.238. The number of hydrogen-bond acceptors (Lipinski definition) is 9. The van der Waals surface area contributed by atoms with Gasteiger partial charge in [-0.05, 0) is 87.3 Å². The summed E-state index contributed by atoms with van der Waals surface area (Å²) in [6.07, 6.45) is 11.9. The highest BCUT2D eigenvalue weighted by Gasteiger charge is 2.20. The highest BCUT2D eigenvalue weighted by molar-refractivity contribution is 6.43. The molecule has 0 amide bonds. The number of rotatable bonds is 15. The minimum Gasteiger partial charge on any atom is -0.495 e. The van der Waals surface area contributed by atoms with Crippen molar-refractivity contribution in [2.24, 2.45) is 0 Å².